The van der Waals surface area contributed by atoms with E-state index < -0.39 is 0 Å². The van der Waals surface area contributed by atoms with Crippen LogP contribution in [0.1, 0.15) is 11.3 Å². The fourth-order valence-corrected chi connectivity index (χ4v) is 4.45. The molecule has 3 N–H and O–H groups in total. The number of aromatic nitrogens is 3. The smallest absolute Gasteiger partial charge is 0.278 e. The van der Waals surface area contributed by atoms with E-state index in [2.05, 4.69) is 23.2 Å². The zero-order chi connectivity index (χ0) is 23.9. The SMILES string of the molecule is O=c1c(Cc2ccc(O)cc2)nc2c(-c3cccc4ccccc34)[nH]c(-c3ccc(O)cc3)cn1-2. The summed E-state index contributed by atoms with van der Waals surface area (Å²) >= 11 is 0. The van der Waals surface area contributed by atoms with Crippen LogP contribution in [0.2, 0.25) is 0 Å². The second-order valence-electron chi connectivity index (χ2n) is 8.52. The normalized spacial score (nSPS) is 11.3. The van der Waals surface area contributed by atoms with Gasteiger partial charge in [-0.3, -0.25) is 9.36 Å². The van der Waals surface area contributed by atoms with Gasteiger partial charge in [0.25, 0.3) is 5.56 Å². The van der Waals surface area contributed by atoms with Crippen LogP contribution >= 0.6 is 0 Å². The number of H-pyrrole nitrogens is 1. The van der Waals surface area contributed by atoms with Crippen molar-refractivity contribution in [1.82, 2.24) is 14.5 Å². The van der Waals surface area contributed by atoms with E-state index in [4.69, 9.17) is 4.98 Å². The standard InChI is InChI=1S/C29H21N3O3/c33-21-12-8-18(9-13-21)16-25-29(35)32-17-26(20-10-14-22(34)15-11-20)30-27(28(32)31-25)24-7-3-5-19-4-1-2-6-23(19)24/h1-15,17,30,33-34H,16H2. The Labute approximate surface area is 200 Å². The molecule has 170 valence electrons. The fourth-order valence-electron chi connectivity index (χ4n) is 4.45. The Kier molecular flexibility index (Phi) is 4.85. The lowest BCUT2D eigenvalue weighted by Crippen LogP contribution is -2.17. The number of fused-ring (bicyclic) bond motifs is 2. The summed E-state index contributed by atoms with van der Waals surface area (Å²) in [6, 6.07) is 27.8. The third-order valence-electron chi connectivity index (χ3n) is 6.22. The number of aromatic hydroxyl groups is 2. The van der Waals surface area contributed by atoms with Crippen molar-refractivity contribution in [3.8, 4) is 39.8 Å². The van der Waals surface area contributed by atoms with Gasteiger partial charge in [0.15, 0.2) is 5.82 Å². The summed E-state index contributed by atoms with van der Waals surface area (Å²) in [4.78, 5) is 21.8. The highest BCUT2D eigenvalue weighted by atomic mass is 16.3. The summed E-state index contributed by atoms with van der Waals surface area (Å²) in [6.07, 6.45) is 2.11. The highest BCUT2D eigenvalue weighted by Gasteiger charge is 2.22. The molecule has 6 rings (SSSR count). The van der Waals surface area contributed by atoms with Gasteiger partial charge in [-0.05, 0) is 58.3 Å². The maximum atomic E-state index is 13.5. The van der Waals surface area contributed by atoms with Crippen molar-refractivity contribution in [3.63, 3.8) is 0 Å². The number of aromatic amines is 1. The van der Waals surface area contributed by atoms with Crippen LogP contribution in [-0.2, 0) is 6.42 Å². The Hall–Kier alpha value is -4.84. The van der Waals surface area contributed by atoms with Crippen LogP contribution in [0, 0.1) is 0 Å². The number of nitrogens with one attached hydrogen (secondary N) is 1. The minimum atomic E-state index is -0.191. The minimum Gasteiger partial charge on any atom is -0.508 e. The maximum absolute atomic E-state index is 13.5. The maximum Gasteiger partial charge on any atom is 0.278 e. The largest absolute Gasteiger partial charge is 0.508 e. The molecule has 35 heavy (non-hydrogen) atoms. The van der Waals surface area contributed by atoms with Crippen LogP contribution in [-0.4, -0.2) is 24.7 Å². The monoisotopic (exact) mass is 459 g/mol. The van der Waals surface area contributed by atoms with E-state index in [0.717, 1.165) is 38.9 Å². The summed E-state index contributed by atoms with van der Waals surface area (Å²) < 4.78 is 1.59. The van der Waals surface area contributed by atoms with Crippen molar-refractivity contribution >= 4 is 10.8 Å². The number of benzene rings is 4. The van der Waals surface area contributed by atoms with E-state index in [9.17, 15) is 15.0 Å². The molecule has 0 aliphatic carbocycles. The van der Waals surface area contributed by atoms with Crippen LogP contribution in [0.15, 0.2) is 102 Å². The van der Waals surface area contributed by atoms with Crippen molar-refractivity contribution in [3.05, 3.63) is 119 Å². The van der Waals surface area contributed by atoms with Crippen LogP contribution in [0.4, 0.5) is 0 Å². The summed E-state index contributed by atoms with van der Waals surface area (Å²) in [5.41, 5.74) is 4.36. The van der Waals surface area contributed by atoms with Crippen LogP contribution in [0.3, 0.4) is 0 Å². The summed E-state index contributed by atoms with van der Waals surface area (Å²) in [7, 11) is 0. The quantitative estimate of drug-likeness (QED) is 0.325. The fraction of sp³-hybridized carbons (Fsp3) is 0.0345. The first kappa shape index (κ1) is 20.7. The van der Waals surface area contributed by atoms with Crippen molar-refractivity contribution < 1.29 is 10.2 Å². The van der Waals surface area contributed by atoms with Crippen molar-refractivity contribution in [1.29, 1.82) is 0 Å². The molecule has 4 aromatic rings. The number of hydrogen-bond acceptors (Lipinski definition) is 4. The molecule has 2 aliphatic rings. The molecule has 0 aromatic heterocycles. The highest BCUT2D eigenvalue weighted by molar-refractivity contribution is 5.97. The molecule has 0 atom stereocenters. The van der Waals surface area contributed by atoms with Gasteiger partial charge in [0.1, 0.15) is 17.2 Å². The Morgan fingerprint density at radius 2 is 1.49 bits per heavy atom. The van der Waals surface area contributed by atoms with Crippen molar-refractivity contribution in [2.45, 2.75) is 6.42 Å². The first-order chi connectivity index (χ1) is 17.1. The van der Waals surface area contributed by atoms with E-state index in [1.807, 2.05) is 24.3 Å². The number of rotatable bonds is 4. The van der Waals surface area contributed by atoms with E-state index in [-0.39, 0.29) is 17.1 Å². The molecule has 0 saturated heterocycles. The minimum absolute atomic E-state index is 0.174. The van der Waals surface area contributed by atoms with Gasteiger partial charge in [0, 0.05) is 18.2 Å². The summed E-state index contributed by atoms with van der Waals surface area (Å²) in [5, 5.41) is 21.5. The zero-order valence-corrected chi connectivity index (χ0v) is 18.6. The van der Waals surface area contributed by atoms with Gasteiger partial charge in [-0.2, -0.15) is 0 Å². The van der Waals surface area contributed by atoms with Gasteiger partial charge >= 0.3 is 0 Å². The van der Waals surface area contributed by atoms with E-state index >= 15 is 0 Å². The topological polar surface area (TPSA) is 91.1 Å². The van der Waals surface area contributed by atoms with Crippen LogP contribution < -0.4 is 5.56 Å². The average Bonchev–Trinajstić information content (AvgIpc) is 3.20. The molecular weight excluding hydrogens is 438 g/mol. The van der Waals surface area contributed by atoms with E-state index in [1.165, 1.54) is 0 Å². The molecule has 0 spiro atoms. The predicted octanol–water partition coefficient (Wildman–Crippen LogP) is 5.49. The van der Waals surface area contributed by atoms with E-state index in [0.29, 0.717) is 17.9 Å². The first-order valence-corrected chi connectivity index (χ1v) is 11.3. The molecule has 4 aromatic carbocycles. The van der Waals surface area contributed by atoms with Crippen molar-refractivity contribution in [2.75, 3.05) is 0 Å². The van der Waals surface area contributed by atoms with Gasteiger partial charge < -0.3 is 15.2 Å². The highest BCUT2D eigenvalue weighted by Crippen LogP contribution is 2.33. The predicted molar refractivity (Wildman–Crippen MR) is 136 cm³/mol. The van der Waals surface area contributed by atoms with Crippen LogP contribution in [0.5, 0.6) is 11.5 Å². The van der Waals surface area contributed by atoms with Gasteiger partial charge in [-0.15, -0.1) is 0 Å². The Bertz CT molecular complexity index is 1690. The molecule has 2 heterocycles. The third kappa shape index (κ3) is 3.71. The molecular formula is C29H21N3O3. The third-order valence-corrected chi connectivity index (χ3v) is 6.22. The number of nitrogens with zero attached hydrogens (tertiary/aromatic N) is 2. The molecule has 0 amide bonds. The Balaban J connectivity index is 1.60. The number of phenols is 2. The van der Waals surface area contributed by atoms with Gasteiger partial charge in [0.05, 0.1) is 11.4 Å². The lowest BCUT2D eigenvalue weighted by atomic mass is 10.0. The van der Waals surface area contributed by atoms with Gasteiger partial charge in [0.2, 0.25) is 0 Å². The molecule has 6 nitrogen and oxygen atoms in total. The molecule has 0 fully saturated rings. The van der Waals surface area contributed by atoms with E-state index in [1.54, 1.807) is 59.3 Å². The molecule has 0 bridgehead atoms. The molecule has 2 aliphatic heterocycles. The molecule has 6 heteroatoms. The molecule has 0 saturated carbocycles. The van der Waals surface area contributed by atoms with Crippen LogP contribution in [0.25, 0.3) is 39.1 Å². The summed E-state index contributed by atoms with van der Waals surface area (Å²) in [5.74, 6) is 0.896. The second kappa shape index (κ2) is 8.18. The summed E-state index contributed by atoms with van der Waals surface area (Å²) in [6.45, 7) is 0. The van der Waals surface area contributed by atoms with Gasteiger partial charge in [-0.25, -0.2) is 4.98 Å². The Morgan fingerprint density at radius 3 is 2.26 bits per heavy atom. The Morgan fingerprint density at radius 1 is 0.800 bits per heavy atom. The zero-order valence-electron chi connectivity index (χ0n) is 18.6. The average molecular weight is 460 g/mol. The number of hydrogen-bond donors (Lipinski definition) is 3. The number of phenolic OH excluding ortho intramolecular Hbond substituents is 2. The lowest BCUT2D eigenvalue weighted by molar-refractivity contribution is 0.474. The van der Waals surface area contributed by atoms with Gasteiger partial charge in [-0.1, -0.05) is 54.6 Å². The lowest BCUT2D eigenvalue weighted by Gasteiger charge is -2.15. The first-order valence-electron chi connectivity index (χ1n) is 11.3. The molecule has 0 radical (unpaired) electrons. The number of imidazole rings is 1. The second-order valence-corrected chi connectivity index (χ2v) is 8.52. The van der Waals surface area contributed by atoms with Crippen molar-refractivity contribution in [2.24, 2.45) is 0 Å². The molecule has 0 unspecified atom stereocenters.